The van der Waals surface area contributed by atoms with E-state index in [1.165, 1.54) is 5.56 Å². The van der Waals surface area contributed by atoms with Crippen LogP contribution < -0.4 is 15.2 Å². The first kappa shape index (κ1) is 15.3. The van der Waals surface area contributed by atoms with Gasteiger partial charge >= 0.3 is 0 Å². The average Bonchev–Trinajstić information content (AvgIpc) is 2.47. The summed E-state index contributed by atoms with van der Waals surface area (Å²) in [5.74, 6) is 1.57. The van der Waals surface area contributed by atoms with E-state index in [4.69, 9.17) is 27.4 Å². The third-order valence-corrected chi connectivity index (χ3v) is 3.49. The van der Waals surface area contributed by atoms with Gasteiger partial charge < -0.3 is 15.2 Å². The topological polar surface area (TPSA) is 44.5 Å². The lowest BCUT2D eigenvalue weighted by Gasteiger charge is -2.12. The molecule has 0 aromatic heterocycles. The summed E-state index contributed by atoms with van der Waals surface area (Å²) in [6.45, 7) is 4.54. The minimum Gasteiger partial charge on any atom is -0.496 e. The Morgan fingerprint density at radius 1 is 1.10 bits per heavy atom. The minimum atomic E-state index is 0.320. The van der Waals surface area contributed by atoms with Gasteiger partial charge in [0.15, 0.2) is 0 Å². The van der Waals surface area contributed by atoms with Crippen molar-refractivity contribution >= 4 is 17.2 Å². The van der Waals surface area contributed by atoms with Crippen molar-refractivity contribution in [3.05, 3.63) is 58.7 Å². The SMILES string of the molecule is COc1ccc(COc2cc(C)ccc2C)cc1C(N)=S. The fourth-order valence-electron chi connectivity index (χ4n) is 2.06. The van der Waals surface area contributed by atoms with Crippen molar-refractivity contribution in [3.63, 3.8) is 0 Å². The summed E-state index contributed by atoms with van der Waals surface area (Å²) in [5, 5.41) is 0. The van der Waals surface area contributed by atoms with E-state index in [0.717, 1.165) is 22.4 Å². The van der Waals surface area contributed by atoms with Crippen LogP contribution in [0.4, 0.5) is 0 Å². The maximum Gasteiger partial charge on any atom is 0.129 e. The molecule has 21 heavy (non-hydrogen) atoms. The number of hydrogen-bond acceptors (Lipinski definition) is 3. The largest absolute Gasteiger partial charge is 0.496 e. The van der Waals surface area contributed by atoms with Crippen LogP contribution in [0.25, 0.3) is 0 Å². The van der Waals surface area contributed by atoms with Crippen molar-refractivity contribution in [1.29, 1.82) is 0 Å². The lowest BCUT2D eigenvalue weighted by Crippen LogP contribution is -2.12. The summed E-state index contributed by atoms with van der Waals surface area (Å²) in [5.41, 5.74) is 9.74. The Morgan fingerprint density at radius 2 is 1.86 bits per heavy atom. The maximum atomic E-state index is 5.89. The first-order valence-electron chi connectivity index (χ1n) is 6.68. The summed E-state index contributed by atoms with van der Waals surface area (Å²) >= 11 is 5.05. The van der Waals surface area contributed by atoms with Crippen LogP contribution in [0.15, 0.2) is 36.4 Å². The van der Waals surface area contributed by atoms with Crippen molar-refractivity contribution < 1.29 is 9.47 Å². The molecule has 0 aliphatic heterocycles. The van der Waals surface area contributed by atoms with Crippen LogP contribution >= 0.6 is 12.2 Å². The Hall–Kier alpha value is -2.07. The zero-order chi connectivity index (χ0) is 15.4. The van der Waals surface area contributed by atoms with Crippen molar-refractivity contribution in [2.75, 3.05) is 7.11 Å². The molecule has 0 heterocycles. The van der Waals surface area contributed by atoms with Gasteiger partial charge in [-0.2, -0.15) is 0 Å². The average molecular weight is 301 g/mol. The van der Waals surface area contributed by atoms with E-state index in [1.807, 2.05) is 38.1 Å². The van der Waals surface area contributed by atoms with Crippen molar-refractivity contribution in [1.82, 2.24) is 0 Å². The molecule has 0 aliphatic rings. The maximum absolute atomic E-state index is 5.89. The number of ether oxygens (including phenoxy) is 2. The lowest BCUT2D eigenvalue weighted by atomic mass is 10.1. The first-order valence-corrected chi connectivity index (χ1v) is 7.09. The summed E-state index contributed by atoms with van der Waals surface area (Å²) in [6.07, 6.45) is 0. The molecule has 2 N–H and O–H groups in total. The Labute approximate surface area is 130 Å². The zero-order valence-corrected chi connectivity index (χ0v) is 13.3. The van der Waals surface area contributed by atoms with E-state index in [1.54, 1.807) is 7.11 Å². The van der Waals surface area contributed by atoms with Crippen LogP contribution in [0.3, 0.4) is 0 Å². The molecule has 4 heteroatoms. The van der Waals surface area contributed by atoms with Crippen LogP contribution in [-0.4, -0.2) is 12.1 Å². The highest BCUT2D eigenvalue weighted by molar-refractivity contribution is 7.80. The number of benzene rings is 2. The van der Waals surface area contributed by atoms with Crippen molar-refractivity contribution in [2.24, 2.45) is 5.73 Å². The lowest BCUT2D eigenvalue weighted by molar-refractivity contribution is 0.303. The van der Waals surface area contributed by atoms with E-state index in [9.17, 15) is 0 Å². The molecular weight excluding hydrogens is 282 g/mol. The summed E-state index contributed by atoms with van der Waals surface area (Å²) in [6, 6.07) is 11.9. The van der Waals surface area contributed by atoms with Crippen molar-refractivity contribution in [3.8, 4) is 11.5 Å². The number of rotatable bonds is 5. The number of aryl methyl sites for hydroxylation is 2. The predicted molar refractivity (Wildman–Crippen MR) is 89.1 cm³/mol. The van der Waals surface area contributed by atoms with E-state index in [0.29, 0.717) is 17.3 Å². The van der Waals surface area contributed by atoms with Crippen molar-refractivity contribution in [2.45, 2.75) is 20.5 Å². The highest BCUT2D eigenvalue weighted by Gasteiger charge is 2.08. The molecule has 0 radical (unpaired) electrons. The Balaban J connectivity index is 2.18. The number of nitrogens with two attached hydrogens (primary N) is 1. The summed E-state index contributed by atoms with van der Waals surface area (Å²) in [7, 11) is 1.60. The molecule has 2 aromatic carbocycles. The molecule has 0 bridgehead atoms. The normalized spacial score (nSPS) is 10.2. The van der Waals surface area contributed by atoms with Gasteiger partial charge in [-0.1, -0.05) is 30.4 Å². The van der Waals surface area contributed by atoms with Crippen LogP contribution in [0.1, 0.15) is 22.3 Å². The highest BCUT2D eigenvalue weighted by Crippen LogP contribution is 2.23. The van der Waals surface area contributed by atoms with Crippen LogP contribution in [0, 0.1) is 13.8 Å². The molecule has 3 nitrogen and oxygen atoms in total. The fourth-order valence-corrected chi connectivity index (χ4v) is 2.22. The molecule has 110 valence electrons. The standard InChI is InChI=1S/C17H19NO2S/c1-11-4-5-12(2)16(8-11)20-10-13-6-7-15(19-3)14(9-13)17(18)21/h4-9H,10H2,1-3H3,(H2,18,21). The Kier molecular flexibility index (Phi) is 4.81. The third-order valence-electron chi connectivity index (χ3n) is 3.27. The van der Waals surface area contributed by atoms with Crippen LogP contribution in [0.2, 0.25) is 0 Å². The van der Waals surface area contributed by atoms with Gasteiger partial charge in [-0.25, -0.2) is 0 Å². The van der Waals surface area contributed by atoms with Gasteiger partial charge in [-0.3, -0.25) is 0 Å². The second-order valence-corrected chi connectivity index (χ2v) is 5.40. The molecule has 2 aromatic rings. The first-order chi connectivity index (χ1) is 10.0. The Morgan fingerprint density at radius 3 is 2.52 bits per heavy atom. The molecule has 0 amide bonds. The van der Waals surface area contributed by atoms with Gasteiger partial charge in [-0.15, -0.1) is 0 Å². The molecule has 0 atom stereocenters. The van der Waals surface area contributed by atoms with Gasteiger partial charge in [0.2, 0.25) is 0 Å². The van der Waals surface area contributed by atoms with Gasteiger partial charge in [0.05, 0.1) is 12.7 Å². The molecule has 2 rings (SSSR count). The fraction of sp³-hybridized carbons (Fsp3) is 0.235. The zero-order valence-electron chi connectivity index (χ0n) is 12.5. The molecule has 0 saturated heterocycles. The minimum absolute atomic E-state index is 0.320. The second kappa shape index (κ2) is 6.59. The van der Waals surface area contributed by atoms with Gasteiger partial charge in [-0.05, 0) is 48.7 Å². The van der Waals surface area contributed by atoms with E-state index >= 15 is 0 Å². The number of methoxy groups -OCH3 is 1. The third kappa shape index (κ3) is 3.73. The molecule has 0 fully saturated rings. The molecule has 0 aliphatic carbocycles. The number of thiocarbonyl (C=S) groups is 1. The Bertz CT molecular complexity index is 668. The molecule has 0 saturated carbocycles. The van der Waals surface area contributed by atoms with Gasteiger partial charge in [0.25, 0.3) is 0 Å². The van der Waals surface area contributed by atoms with E-state index in [2.05, 4.69) is 12.1 Å². The molecule has 0 unspecified atom stereocenters. The second-order valence-electron chi connectivity index (χ2n) is 4.96. The summed E-state index contributed by atoms with van der Waals surface area (Å²) in [4.78, 5) is 0.320. The van der Waals surface area contributed by atoms with Crippen LogP contribution in [0.5, 0.6) is 11.5 Å². The highest BCUT2D eigenvalue weighted by atomic mass is 32.1. The van der Waals surface area contributed by atoms with Crippen LogP contribution in [-0.2, 0) is 6.61 Å². The monoisotopic (exact) mass is 301 g/mol. The van der Waals surface area contributed by atoms with E-state index in [-0.39, 0.29) is 0 Å². The van der Waals surface area contributed by atoms with Gasteiger partial charge in [0.1, 0.15) is 23.1 Å². The molecule has 0 spiro atoms. The number of hydrogen-bond donors (Lipinski definition) is 1. The quantitative estimate of drug-likeness (QED) is 0.858. The van der Waals surface area contributed by atoms with E-state index < -0.39 is 0 Å². The van der Waals surface area contributed by atoms with Gasteiger partial charge in [0, 0.05) is 0 Å². The predicted octanol–water partition coefficient (Wildman–Crippen LogP) is 3.53. The molecular formula is C17H19NO2S. The summed E-state index contributed by atoms with van der Waals surface area (Å²) < 4.78 is 11.1. The smallest absolute Gasteiger partial charge is 0.129 e.